The van der Waals surface area contributed by atoms with Gasteiger partial charge in [-0.3, -0.25) is 27.8 Å². The Balaban J connectivity index is 2.02. The maximum Gasteiger partial charge on any atom is 0.294 e. The van der Waals surface area contributed by atoms with Crippen LogP contribution < -0.4 is 0 Å². The lowest BCUT2D eigenvalue weighted by Crippen LogP contribution is -2.32. The van der Waals surface area contributed by atoms with Crippen molar-refractivity contribution in [2.24, 2.45) is 0 Å². The first-order valence-electron chi connectivity index (χ1n) is 13.9. The van der Waals surface area contributed by atoms with Crippen LogP contribution in [0.4, 0.5) is 0 Å². The van der Waals surface area contributed by atoms with Crippen molar-refractivity contribution in [3.8, 4) is 0 Å². The molecular weight excluding hydrogens is 741 g/mol. The lowest BCUT2D eigenvalue weighted by atomic mass is 10.1. The minimum atomic E-state index is -5.04. The standard InChI is InChI=1S/C30H32N2O14S4/c1-19(2)29(33)31(17-23-8-10-25(47(35,36)37)13-27(23)49(41,42)43)15-21-6-5-7-22(12-21)16-32(30(34)20(3)4)18-24-9-11-26(48(38,39)40)14-28(24)50(44,45)46/h5-14H,1,3,15-18H2,2,4H3,(H,35,36,37)(H,38,39,40)(H,41,42,43)(H,44,45,46). The third kappa shape index (κ3) is 10.4. The molecule has 3 aromatic rings. The zero-order chi connectivity index (χ0) is 38.0. The van der Waals surface area contributed by atoms with Crippen LogP contribution in [0, 0.1) is 0 Å². The monoisotopic (exact) mass is 772 g/mol. The van der Waals surface area contributed by atoms with Gasteiger partial charge in [-0.15, -0.1) is 0 Å². The van der Waals surface area contributed by atoms with E-state index >= 15 is 0 Å². The van der Waals surface area contributed by atoms with Gasteiger partial charge in [0, 0.05) is 37.3 Å². The van der Waals surface area contributed by atoms with Gasteiger partial charge in [0.05, 0.1) is 9.79 Å². The van der Waals surface area contributed by atoms with Crippen molar-refractivity contribution < 1.29 is 61.5 Å². The summed E-state index contributed by atoms with van der Waals surface area (Å²) in [6, 6.07) is 11.2. The summed E-state index contributed by atoms with van der Waals surface area (Å²) in [7, 11) is -19.8. The first kappa shape index (κ1) is 40.2. The van der Waals surface area contributed by atoms with Crippen molar-refractivity contribution in [3.05, 3.63) is 107 Å². The first-order chi connectivity index (χ1) is 22.8. The second-order valence-corrected chi connectivity index (χ2v) is 16.8. The fourth-order valence-corrected chi connectivity index (χ4v) is 7.39. The van der Waals surface area contributed by atoms with E-state index in [2.05, 4.69) is 13.2 Å². The van der Waals surface area contributed by atoms with Crippen LogP contribution in [-0.2, 0) is 76.2 Å². The Morgan fingerprint density at radius 3 is 1.16 bits per heavy atom. The van der Waals surface area contributed by atoms with Gasteiger partial charge in [-0.2, -0.15) is 33.7 Å². The average molecular weight is 773 g/mol. The van der Waals surface area contributed by atoms with Crippen LogP contribution in [0.3, 0.4) is 0 Å². The lowest BCUT2D eigenvalue weighted by molar-refractivity contribution is -0.128. The van der Waals surface area contributed by atoms with Crippen LogP contribution in [0.1, 0.15) is 36.1 Å². The van der Waals surface area contributed by atoms with Crippen LogP contribution in [-0.4, -0.2) is 73.5 Å². The molecule has 0 aliphatic heterocycles. The van der Waals surface area contributed by atoms with Gasteiger partial charge < -0.3 is 9.80 Å². The molecule has 0 aliphatic carbocycles. The number of hydrogen-bond donors (Lipinski definition) is 4. The van der Waals surface area contributed by atoms with E-state index in [1.165, 1.54) is 13.8 Å². The van der Waals surface area contributed by atoms with E-state index in [1.807, 2.05) is 0 Å². The molecule has 16 nitrogen and oxygen atoms in total. The molecule has 0 saturated carbocycles. The molecule has 0 fully saturated rings. The Bertz CT molecular complexity index is 2170. The molecule has 0 bridgehead atoms. The molecule has 2 amide bonds. The third-order valence-electron chi connectivity index (χ3n) is 6.99. The fraction of sp³-hybridized carbons (Fsp3) is 0.200. The van der Waals surface area contributed by atoms with Crippen molar-refractivity contribution in [2.45, 2.75) is 59.6 Å². The van der Waals surface area contributed by atoms with Crippen LogP contribution in [0.2, 0.25) is 0 Å². The van der Waals surface area contributed by atoms with Crippen molar-refractivity contribution in [1.29, 1.82) is 0 Å². The largest absolute Gasteiger partial charge is 0.330 e. The van der Waals surface area contributed by atoms with E-state index in [0.717, 1.165) is 34.1 Å². The summed E-state index contributed by atoms with van der Waals surface area (Å²) in [5.41, 5.74) is 0.545. The molecule has 270 valence electrons. The molecule has 0 aliphatic rings. The zero-order valence-electron chi connectivity index (χ0n) is 26.4. The van der Waals surface area contributed by atoms with Gasteiger partial charge in [0.1, 0.15) is 9.79 Å². The second kappa shape index (κ2) is 14.9. The molecule has 50 heavy (non-hydrogen) atoms. The van der Waals surface area contributed by atoms with Gasteiger partial charge in [0.2, 0.25) is 11.8 Å². The number of benzene rings is 3. The highest BCUT2D eigenvalue weighted by Gasteiger charge is 2.26. The maximum absolute atomic E-state index is 13.2. The molecular formula is C30H32N2O14S4. The normalized spacial score (nSPS) is 12.3. The minimum absolute atomic E-state index is 0.0389. The number of carbonyl (C=O) groups excluding carboxylic acids is 2. The average Bonchev–Trinajstić information content (AvgIpc) is 2.98. The van der Waals surface area contributed by atoms with E-state index in [9.17, 15) is 61.5 Å². The summed E-state index contributed by atoms with van der Waals surface area (Å²) < 4.78 is 133. The van der Waals surface area contributed by atoms with Gasteiger partial charge in [0.15, 0.2) is 0 Å². The molecule has 3 rings (SSSR count). The summed E-state index contributed by atoms with van der Waals surface area (Å²) in [6.07, 6.45) is 0. The SMILES string of the molecule is C=C(C)C(=O)N(Cc1cccc(CN(Cc2ccc(S(=O)(=O)O)cc2S(=O)(=O)O)C(=O)C(=C)C)c1)Cc1ccc(S(=O)(=O)O)cc1S(=O)(=O)O. The summed E-state index contributed by atoms with van der Waals surface area (Å²) in [5, 5.41) is 0. The lowest BCUT2D eigenvalue weighted by Gasteiger charge is -2.26. The molecule has 3 aromatic carbocycles. The number of carbonyl (C=O) groups is 2. The molecule has 0 heterocycles. The van der Waals surface area contributed by atoms with Gasteiger partial charge >= 0.3 is 0 Å². The number of rotatable bonds is 14. The van der Waals surface area contributed by atoms with Gasteiger partial charge in [-0.05, 0) is 60.4 Å². The highest BCUT2D eigenvalue weighted by Crippen LogP contribution is 2.26. The predicted octanol–water partition coefficient (Wildman–Crippen LogP) is 2.88. The smallest absolute Gasteiger partial charge is 0.294 e. The second-order valence-electron chi connectivity index (χ2n) is 11.1. The molecule has 0 spiro atoms. The van der Waals surface area contributed by atoms with Gasteiger partial charge in [-0.1, -0.05) is 49.6 Å². The molecule has 0 aromatic heterocycles. The van der Waals surface area contributed by atoms with Crippen LogP contribution in [0.25, 0.3) is 0 Å². The van der Waals surface area contributed by atoms with E-state index in [1.54, 1.807) is 24.3 Å². The molecule has 4 N–H and O–H groups in total. The van der Waals surface area contributed by atoms with E-state index < -0.39 is 85.0 Å². The summed E-state index contributed by atoms with van der Waals surface area (Å²) in [4.78, 5) is 25.2. The Morgan fingerprint density at radius 2 is 0.880 bits per heavy atom. The number of nitrogens with zero attached hydrogens (tertiary/aromatic N) is 2. The van der Waals surface area contributed by atoms with Crippen molar-refractivity contribution in [2.75, 3.05) is 0 Å². The maximum atomic E-state index is 13.2. The molecule has 0 saturated heterocycles. The Labute approximate surface area is 289 Å². The topological polar surface area (TPSA) is 258 Å². The van der Waals surface area contributed by atoms with Gasteiger partial charge in [-0.25, -0.2) is 0 Å². The first-order valence-corrected chi connectivity index (χ1v) is 19.7. The van der Waals surface area contributed by atoms with Crippen LogP contribution in [0.15, 0.2) is 105 Å². The Morgan fingerprint density at radius 1 is 0.540 bits per heavy atom. The predicted molar refractivity (Wildman–Crippen MR) is 177 cm³/mol. The summed E-state index contributed by atoms with van der Waals surface area (Å²) in [6.45, 7) is 8.66. The molecule has 20 heteroatoms. The fourth-order valence-electron chi connectivity index (χ4n) is 4.75. The molecule has 0 unspecified atom stereocenters. The van der Waals surface area contributed by atoms with Crippen molar-refractivity contribution in [1.82, 2.24) is 9.80 Å². The van der Waals surface area contributed by atoms with Gasteiger partial charge in [0.25, 0.3) is 40.5 Å². The van der Waals surface area contributed by atoms with Crippen molar-refractivity contribution >= 4 is 52.3 Å². The minimum Gasteiger partial charge on any atom is -0.330 e. The quantitative estimate of drug-likeness (QED) is 0.136. The zero-order valence-corrected chi connectivity index (χ0v) is 29.7. The number of hydrogen-bond acceptors (Lipinski definition) is 10. The van der Waals surface area contributed by atoms with Crippen molar-refractivity contribution in [3.63, 3.8) is 0 Å². The summed E-state index contributed by atoms with van der Waals surface area (Å²) in [5.74, 6) is -1.30. The summed E-state index contributed by atoms with van der Waals surface area (Å²) >= 11 is 0. The van der Waals surface area contributed by atoms with E-state index in [0.29, 0.717) is 23.3 Å². The van der Waals surface area contributed by atoms with Crippen LogP contribution >= 0.6 is 0 Å². The highest BCUT2D eigenvalue weighted by molar-refractivity contribution is 7.87. The number of amides is 2. The third-order valence-corrected chi connectivity index (χ3v) is 10.6. The van der Waals surface area contributed by atoms with Crippen LogP contribution in [0.5, 0.6) is 0 Å². The molecule has 0 atom stereocenters. The Kier molecular flexibility index (Phi) is 12.0. The Hall–Kier alpha value is -4.28. The highest BCUT2D eigenvalue weighted by atomic mass is 32.2. The van der Waals surface area contributed by atoms with E-state index in [4.69, 9.17) is 0 Å². The molecule has 0 radical (unpaired) electrons. The van der Waals surface area contributed by atoms with E-state index in [-0.39, 0.29) is 35.4 Å².